The Labute approximate surface area is 124 Å². The molecule has 0 saturated heterocycles. The van der Waals surface area contributed by atoms with Gasteiger partial charge < -0.3 is 10.1 Å². The standard InChI is InChI=1S/C12H12BrClN4O/c1-2-7-15-11-16-10(14)17-12(18-11)19-9-5-3-8(13)4-6-9/h3-6H,2,7H2,1H3,(H,15,16,17,18). The summed E-state index contributed by atoms with van der Waals surface area (Å²) in [6.45, 7) is 2.81. The van der Waals surface area contributed by atoms with Gasteiger partial charge in [-0.05, 0) is 42.3 Å². The maximum absolute atomic E-state index is 5.83. The van der Waals surface area contributed by atoms with Crippen LogP contribution in [0.2, 0.25) is 5.28 Å². The molecule has 100 valence electrons. The van der Waals surface area contributed by atoms with Crippen molar-refractivity contribution in [2.24, 2.45) is 0 Å². The third-order valence-corrected chi connectivity index (χ3v) is 2.84. The van der Waals surface area contributed by atoms with Crippen LogP contribution in [0.15, 0.2) is 28.7 Å². The Morgan fingerprint density at radius 3 is 2.63 bits per heavy atom. The number of nitrogens with one attached hydrogen (secondary N) is 1. The number of halogens is 2. The van der Waals surface area contributed by atoms with Crippen LogP contribution in [0.1, 0.15) is 13.3 Å². The van der Waals surface area contributed by atoms with E-state index in [0.29, 0.717) is 11.7 Å². The Bertz CT molecular complexity index is 550. The van der Waals surface area contributed by atoms with Crippen LogP contribution in [0.3, 0.4) is 0 Å². The highest BCUT2D eigenvalue weighted by atomic mass is 79.9. The molecule has 0 saturated carbocycles. The van der Waals surface area contributed by atoms with E-state index in [-0.39, 0.29) is 11.3 Å². The first-order valence-corrected chi connectivity index (χ1v) is 6.93. The molecule has 0 aliphatic rings. The maximum atomic E-state index is 5.83. The van der Waals surface area contributed by atoms with Gasteiger partial charge in [-0.3, -0.25) is 0 Å². The Balaban J connectivity index is 2.15. The van der Waals surface area contributed by atoms with E-state index >= 15 is 0 Å². The lowest BCUT2D eigenvalue weighted by molar-refractivity contribution is 0.440. The fourth-order valence-corrected chi connectivity index (χ4v) is 1.72. The minimum Gasteiger partial charge on any atom is -0.424 e. The molecule has 0 amide bonds. The maximum Gasteiger partial charge on any atom is 0.328 e. The van der Waals surface area contributed by atoms with Crippen LogP contribution in [0.25, 0.3) is 0 Å². The second-order valence-corrected chi connectivity index (χ2v) is 4.95. The van der Waals surface area contributed by atoms with E-state index in [9.17, 15) is 0 Å². The second-order valence-electron chi connectivity index (χ2n) is 3.69. The number of aromatic nitrogens is 3. The molecule has 2 aromatic rings. The minimum absolute atomic E-state index is 0.0979. The summed E-state index contributed by atoms with van der Waals surface area (Å²) in [7, 11) is 0. The number of hydrogen-bond acceptors (Lipinski definition) is 5. The third-order valence-electron chi connectivity index (χ3n) is 2.14. The smallest absolute Gasteiger partial charge is 0.328 e. The monoisotopic (exact) mass is 342 g/mol. The minimum atomic E-state index is 0.0979. The highest BCUT2D eigenvalue weighted by molar-refractivity contribution is 9.10. The summed E-state index contributed by atoms with van der Waals surface area (Å²) in [6, 6.07) is 7.52. The molecule has 0 spiro atoms. The van der Waals surface area contributed by atoms with E-state index in [1.165, 1.54) is 0 Å². The summed E-state index contributed by atoms with van der Waals surface area (Å²) in [6.07, 6.45) is 0.964. The number of anilines is 1. The van der Waals surface area contributed by atoms with Crippen molar-refractivity contribution in [2.45, 2.75) is 13.3 Å². The molecule has 1 aromatic heterocycles. The zero-order valence-electron chi connectivity index (χ0n) is 10.2. The van der Waals surface area contributed by atoms with Crippen LogP contribution in [0.5, 0.6) is 11.8 Å². The van der Waals surface area contributed by atoms with Gasteiger partial charge in [0.25, 0.3) is 0 Å². The van der Waals surface area contributed by atoms with E-state index in [2.05, 4.69) is 43.1 Å². The fraction of sp³-hybridized carbons (Fsp3) is 0.250. The Kier molecular flexibility index (Phi) is 4.93. The van der Waals surface area contributed by atoms with Crippen molar-refractivity contribution >= 4 is 33.5 Å². The zero-order chi connectivity index (χ0) is 13.7. The van der Waals surface area contributed by atoms with Gasteiger partial charge in [0, 0.05) is 11.0 Å². The lowest BCUT2D eigenvalue weighted by atomic mass is 10.3. The Morgan fingerprint density at radius 2 is 1.95 bits per heavy atom. The lowest BCUT2D eigenvalue weighted by Gasteiger charge is -2.06. The predicted molar refractivity (Wildman–Crippen MR) is 77.8 cm³/mol. The summed E-state index contributed by atoms with van der Waals surface area (Å²) < 4.78 is 6.50. The van der Waals surface area contributed by atoms with E-state index in [1.54, 1.807) is 12.1 Å². The first kappa shape index (κ1) is 14.0. The van der Waals surface area contributed by atoms with Crippen molar-refractivity contribution in [1.82, 2.24) is 15.0 Å². The topological polar surface area (TPSA) is 59.9 Å². The molecule has 0 fully saturated rings. The van der Waals surface area contributed by atoms with Crippen molar-refractivity contribution in [2.75, 3.05) is 11.9 Å². The number of hydrogen-bond donors (Lipinski definition) is 1. The molecular formula is C12H12BrClN4O. The molecule has 1 aromatic carbocycles. The molecule has 0 radical (unpaired) electrons. The predicted octanol–water partition coefficient (Wildman–Crippen LogP) is 3.90. The Hall–Kier alpha value is -1.40. The molecule has 0 atom stereocenters. The summed E-state index contributed by atoms with van der Waals surface area (Å²) in [5, 5.41) is 3.13. The molecule has 0 bridgehead atoms. The normalized spacial score (nSPS) is 10.3. The zero-order valence-corrected chi connectivity index (χ0v) is 12.6. The second kappa shape index (κ2) is 6.68. The quantitative estimate of drug-likeness (QED) is 0.892. The highest BCUT2D eigenvalue weighted by Crippen LogP contribution is 2.21. The number of ether oxygens (including phenoxy) is 1. The fourth-order valence-electron chi connectivity index (χ4n) is 1.30. The van der Waals surface area contributed by atoms with E-state index in [0.717, 1.165) is 17.4 Å². The Morgan fingerprint density at radius 1 is 1.21 bits per heavy atom. The average Bonchev–Trinajstić information content (AvgIpc) is 2.38. The molecule has 1 heterocycles. The van der Waals surface area contributed by atoms with E-state index in [1.807, 2.05) is 12.1 Å². The average molecular weight is 344 g/mol. The SMILES string of the molecule is CCCNc1nc(Cl)nc(Oc2ccc(Br)cc2)n1. The number of rotatable bonds is 5. The molecule has 7 heteroatoms. The van der Waals surface area contributed by atoms with Gasteiger partial charge in [0.05, 0.1) is 0 Å². The highest BCUT2D eigenvalue weighted by Gasteiger charge is 2.06. The molecule has 5 nitrogen and oxygen atoms in total. The molecule has 0 aliphatic heterocycles. The first-order chi connectivity index (χ1) is 9.17. The molecular weight excluding hydrogens is 332 g/mol. The van der Waals surface area contributed by atoms with Gasteiger partial charge in [-0.1, -0.05) is 22.9 Å². The van der Waals surface area contributed by atoms with Gasteiger partial charge in [-0.25, -0.2) is 0 Å². The third kappa shape index (κ3) is 4.33. The first-order valence-electron chi connectivity index (χ1n) is 5.76. The molecule has 2 rings (SSSR count). The van der Waals surface area contributed by atoms with Crippen LogP contribution >= 0.6 is 27.5 Å². The van der Waals surface area contributed by atoms with Gasteiger partial charge in [-0.15, -0.1) is 0 Å². The van der Waals surface area contributed by atoms with Crippen LogP contribution < -0.4 is 10.1 Å². The van der Waals surface area contributed by atoms with Crippen LogP contribution in [0, 0.1) is 0 Å². The van der Waals surface area contributed by atoms with Crippen molar-refractivity contribution in [3.05, 3.63) is 34.0 Å². The molecule has 0 aliphatic carbocycles. The van der Waals surface area contributed by atoms with Gasteiger partial charge >= 0.3 is 6.01 Å². The molecule has 19 heavy (non-hydrogen) atoms. The lowest BCUT2D eigenvalue weighted by Crippen LogP contribution is -2.06. The summed E-state index contributed by atoms with van der Waals surface area (Å²) >= 11 is 9.19. The van der Waals surface area contributed by atoms with Crippen molar-refractivity contribution < 1.29 is 4.74 Å². The van der Waals surface area contributed by atoms with Gasteiger partial charge in [0.2, 0.25) is 11.2 Å². The van der Waals surface area contributed by atoms with Crippen molar-refractivity contribution in [3.63, 3.8) is 0 Å². The summed E-state index contributed by atoms with van der Waals surface area (Å²) in [5.41, 5.74) is 0. The van der Waals surface area contributed by atoms with Crippen LogP contribution in [-0.2, 0) is 0 Å². The molecule has 1 N–H and O–H groups in total. The number of nitrogens with zero attached hydrogens (tertiary/aromatic N) is 3. The largest absolute Gasteiger partial charge is 0.424 e. The van der Waals surface area contributed by atoms with Crippen LogP contribution in [-0.4, -0.2) is 21.5 Å². The molecule has 0 unspecified atom stereocenters. The van der Waals surface area contributed by atoms with Gasteiger partial charge in [0.1, 0.15) is 5.75 Å². The van der Waals surface area contributed by atoms with E-state index < -0.39 is 0 Å². The summed E-state index contributed by atoms with van der Waals surface area (Å²) in [5.74, 6) is 1.04. The van der Waals surface area contributed by atoms with Gasteiger partial charge in [0.15, 0.2) is 0 Å². The summed E-state index contributed by atoms with van der Waals surface area (Å²) in [4.78, 5) is 12.0. The van der Waals surface area contributed by atoms with Crippen molar-refractivity contribution in [3.8, 4) is 11.8 Å². The van der Waals surface area contributed by atoms with Gasteiger partial charge in [-0.2, -0.15) is 15.0 Å². The van der Waals surface area contributed by atoms with Crippen LogP contribution in [0.4, 0.5) is 5.95 Å². The number of benzene rings is 1. The van der Waals surface area contributed by atoms with E-state index in [4.69, 9.17) is 16.3 Å². The van der Waals surface area contributed by atoms with Crippen molar-refractivity contribution in [1.29, 1.82) is 0 Å².